The fourth-order valence-electron chi connectivity index (χ4n) is 14.0. The van der Waals surface area contributed by atoms with Crippen LogP contribution in [0.2, 0.25) is 0 Å². The third-order valence-electron chi connectivity index (χ3n) is 20.6. The van der Waals surface area contributed by atoms with Gasteiger partial charge in [-0.25, -0.2) is 0 Å². The molecule has 0 bridgehead atoms. The first-order valence-electron chi connectivity index (χ1n) is 42.0. The normalized spacial score (nSPS) is 14.1. The first-order valence-corrected chi connectivity index (χ1v) is 42.0. The number of phenolic OH excluding ortho intramolecular Hbond substituents is 2. The molecule has 42 heteroatoms. The Morgan fingerprint density at radius 3 is 0.849 bits per heavy atom. The monoisotopic (exact) mass is 1750 g/mol. The summed E-state index contributed by atoms with van der Waals surface area (Å²) in [6, 6.07) is 10.0. The third-order valence-corrected chi connectivity index (χ3v) is 20.6. The quantitative estimate of drug-likeness (QED) is 0.0107. The molecular weight excluding hydrogens is 1630 g/mol. The Hall–Kier alpha value is -13.8. The molecule has 0 saturated heterocycles. The third kappa shape index (κ3) is 35.2. The average Bonchev–Trinajstić information content (AvgIpc) is 1.65. The zero-order valence-electron chi connectivity index (χ0n) is 71.4. The second kappa shape index (κ2) is 51.3. The van der Waals surface area contributed by atoms with Crippen LogP contribution in [-0.2, 0) is 83.2 Å². The van der Waals surface area contributed by atoms with E-state index in [2.05, 4.69) is 84.4 Å². The Morgan fingerprint density at radius 2 is 0.571 bits per heavy atom. The number of carbonyl (C=O) groups excluding carboxylic acids is 12. The van der Waals surface area contributed by atoms with Crippen molar-refractivity contribution in [1.82, 2.24) is 84.4 Å². The number of aromatic nitrogens is 2. The summed E-state index contributed by atoms with van der Waals surface area (Å²) in [4.78, 5) is 178. The predicted molar refractivity (Wildman–Crippen MR) is 475 cm³/mol. The van der Waals surface area contributed by atoms with Crippen LogP contribution >= 0.6 is 0 Å². The predicted octanol–water partition coefficient (Wildman–Crippen LogP) is -2.49. The molecule has 686 valence electrons. The number of H-pyrrole nitrogens is 2. The Labute approximate surface area is 730 Å². The number of unbranched alkanes of at least 4 members (excludes halogenated alkanes) is 1. The molecule has 0 radical (unpaired) electrons. The number of nitrogens with two attached hydrogens (primary N) is 8. The van der Waals surface area contributed by atoms with Gasteiger partial charge in [-0.15, -0.1) is 0 Å². The molecule has 6 aromatic rings. The van der Waals surface area contributed by atoms with Gasteiger partial charge >= 0.3 is 0 Å². The van der Waals surface area contributed by atoms with Gasteiger partial charge in [-0.3, -0.25) is 79.2 Å². The molecule has 0 spiro atoms. The molecule has 126 heavy (non-hydrogen) atoms. The van der Waals surface area contributed by atoms with Gasteiger partial charge in [0.15, 0.2) is 23.8 Å². The number of phenols is 2. The van der Waals surface area contributed by atoms with Crippen molar-refractivity contribution < 1.29 is 67.7 Å². The fourth-order valence-corrected chi connectivity index (χ4v) is 14.0. The minimum Gasteiger partial charge on any atom is -0.508 e. The van der Waals surface area contributed by atoms with E-state index in [-0.39, 0.29) is 189 Å². The lowest BCUT2D eigenvalue weighted by molar-refractivity contribution is -0.135. The minimum absolute atomic E-state index is 0.00859. The average molecular weight is 1750 g/mol. The lowest BCUT2D eigenvalue weighted by Gasteiger charge is -2.28. The highest BCUT2D eigenvalue weighted by Gasteiger charge is 2.37. The number of amides is 12. The van der Waals surface area contributed by atoms with Crippen molar-refractivity contribution in [3.05, 3.63) is 132 Å². The molecular formula is C84H126N28O14. The highest BCUT2D eigenvalue weighted by atomic mass is 16.3. The van der Waals surface area contributed by atoms with Crippen LogP contribution in [0.4, 0.5) is 0 Å². The molecule has 0 saturated carbocycles. The summed E-state index contributed by atoms with van der Waals surface area (Å²) < 4.78 is 0. The molecule has 38 N–H and O–H groups in total. The van der Waals surface area contributed by atoms with E-state index in [0.29, 0.717) is 44.1 Å². The van der Waals surface area contributed by atoms with E-state index in [1.54, 1.807) is 88.6 Å². The van der Waals surface area contributed by atoms with E-state index >= 15 is 0 Å². The summed E-state index contributed by atoms with van der Waals surface area (Å²) >= 11 is 0. The molecule has 12 atom stereocenters. The smallest absolute Gasteiger partial charge is 0.243 e. The van der Waals surface area contributed by atoms with Crippen molar-refractivity contribution in [2.45, 2.75) is 216 Å². The number of aromatic amines is 2. The summed E-state index contributed by atoms with van der Waals surface area (Å²) in [6.07, 6.45) is 3.57. The summed E-state index contributed by atoms with van der Waals surface area (Å²) in [5.41, 5.74) is 50.6. The summed E-state index contributed by atoms with van der Waals surface area (Å²) in [5, 5.41) is 89.7. The second-order valence-corrected chi connectivity index (χ2v) is 32.0. The zero-order valence-corrected chi connectivity index (χ0v) is 71.4. The topological polar surface area (TPSA) is 749 Å². The number of benzene rings is 4. The van der Waals surface area contributed by atoms with Crippen molar-refractivity contribution in [1.29, 1.82) is 21.6 Å². The maximum Gasteiger partial charge on any atom is 0.243 e. The van der Waals surface area contributed by atoms with Crippen molar-refractivity contribution in [2.24, 2.45) is 57.7 Å². The van der Waals surface area contributed by atoms with Crippen LogP contribution in [0.1, 0.15) is 140 Å². The van der Waals surface area contributed by atoms with Gasteiger partial charge in [0.1, 0.15) is 71.9 Å². The second-order valence-electron chi connectivity index (χ2n) is 32.0. The van der Waals surface area contributed by atoms with Crippen LogP contribution in [0.3, 0.4) is 0 Å². The van der Waals surface area contributed by atoms with Gasteiger partial charge in [-0.2, -0.15) is 0 Å². The number of hydrogen-bond donors (Lipinski definition) is 30. The Balaban J connectivity index is 1.18. The van der Waals surface area contributed by atoms with Crippen LogP contribution < -0.4 is 120 Å². The fraction of sp³-hybridized carbons (Fsp3) is 0.476. The number of para-hydroxylation sites is 2. The van der Waals surface area contributed by atoms with E-state index in [1.165, 1.54) is 24.3 Å². The highest BCUT2D eigenvalue weighted by Crippen LogP contribution is 2.23. The molecule has 0 aliphatic rings. The largest absolute Gasteiger partial charge is 0.508 e. The van der Waals surface area contributed by atoms with Gasteiger partial charge in [-0.05, 0) is 148 Å². The maximum absolute atomic E-state index is 15.0. The summed E-state index contributed by atoms with van der Waals surface area (Å²) in [6.45, 7) is 7.50. The van der Waals surface area contributed by atoms with Crippen LogP contribution in [0.15, 0.2) is 109 Å². The van der Waals surface area contributed by atoms with Crippen molar-refractivity contribution >= 4 is 117 Å². The lowest BCUT2D eigenvalue weighted by atomic mass is 10.00. The van der Waals surface area contributed by atoms with Gasteiger partial charge in [0, 0.05) is 86.1 Å². The minimum atomic E-state index is -1.42. The zero-order chi connectivity index (χ0) is 92.7. The molecule has 4 aromatic carbocycles. The maximum atomic E-state index is 15.0. The molecule has 6 rings (SSSR count). The highest BCUT2D eigenvalue weighted by molar-refractivity contribution is 6.00. The van der Waals surface area contributed by atoms with E-state index in [9.17, 15) is 67.7 Å². The van der Waals surface area contributed by atoms with Crippen LogP contribution in [0.25, 0.3) is 21.8 Å². The van der Waals surface area contributed by atoms with Crippen LogP contribution in [0, 0.1) is 33.5 Å². The number of hydrogen-bond acceptors (Lipinski definition) is 20. The van der Waals surface area contributed by atoms with Crippen molar-refractivity contribution in [2.75, 3.05) is 26.2 Å². The van der Waals surface area contributed by atoms with Gasteiger partial charge in [0.05, 0.1) is 12.1 Å². The summed E-state index contributed by atoms with van der Waals surface area (Å²) in [7, 11) is 0. The molecule has 0 aliphatic carbocycles. The standard InChI is InChI=1S/C84H126N28O14/c1-45(2)37-65(77(123)103-59(21-11-33-97-81(89)90)73(119)107-63(69(87)115)39-47-25-29-51(113)30-26-47)111-75(121)61(23-13-35-99-83(93)94)105-79(125)67(41-49-43-101-57-19-9-5-15-53(49)57)109-71(117)55(85)17-7-8-18-56(86)72(118)110-68(42-50-44-102-58-20-10-6-16-54(50)58)80(126)106-62(24-14-36-100-84(95)96)76(122)112-66(38-46(3)4)78(124)104-60(22-12-34-98-82(91)92)74(120)108-64(70(88)116)40-48-27-31-52(114)32-28-48/h5-6,9-10,15-16,19-20,25-32,43-46,55-56,59-68,101-102,113-114H,7-8,11-14,17-18,21-24,33-42,85-86H2,1-4H3,(H2,87,115)(H2,88,116)(H,103,123)(H,104,124)(H,105,125)(H,106,126)(H,107,119)(H,108,120)(H,109,117)(H,110,118)(H,111,121)(H,112,122)(H4,89,90,97)(H4,91,92,98)(H4,93,94,99)(H4,95,96,100)/t55?,56?,59-,60-,61-,62-,63-,64-,65-,66-,67-,68-/m0/s1. The Bertz CT molecular complexity index is 4400. The van der Waals surface area contributed by atoms with Crippen LogP contribution in [-0.4, -0.2) is 214 Å². The van der Waals surface area contributed by atoms with E-state index in [0.717, 1.165) is 0 Å². The lowest BCUT2D eigenvalue weighted by Crippen LogP contribution is -2.60. The first kappa shape index (κ1) is 101. The molecule has 42 nitrogen and oxygen atoms in total. The van der Waals surface area contributed by atoms with E-state index in [4.69, 9.17) is 67.5 Å². The molecule has 0 fully saturated rings. The number of rotatable bonds is 55. The van der Waals surface area contributed by atoms with Gasteiger partial charge < -0.3 is 140 Å². The molecule has 0 aliphatic heterocycles. The van der Waals surface area contributed by atoms with Gasteiger partial charge in [0.2, 0.25) is 70.9 Å². The number of nitrogens with one attached hydrogen (secondary N) is 20. The number of primary amides is 2. The van der Waals surface area contributed by atoms with Crippen LogP contribution in [0.5, 0.6) is 11.5 Å². The number of aromatic hydroxyl groups is 2. The Kier molecular flexibility index (Phi) is 41.1. The number of fused-ring (bicyclic) bond motifs is 2. The van der Waals surface area contributed by atoms with E-state index < -0.39 is 143 Å². The SMILES string of the molecule is CC(C)C[C@H](NC(=O)[C@H](CCCNC(=N)N)NC(=O)[C@H](Cc1c[nH]c2ccccc12)NC(=O)C(N)CCCCC(N)C(=O)N[C@@H](Cc1c[nH]c2ccccc12)C(=O)N[C@@H](CCCNC(=N)N)C(=O)N[C@@H](CC(C)C)C(=O)N[C@@H](CCCNC(=N)N)C(=O)N[C@@H](Cc1ccc(O)cc1)C(N)=O)C(=O)N[C@@H](CCCNC(=N)N)C(=O)N[C@@H](Cc1ccc(O)cc1)C(N)=O. The number of carbonyl (C=O) groups is 12. The van der Waals surface area contributed by atoms with Crippen molar-refractivity contribution in [3.63, 3.8) is 0 Å². The van der Waals surface area contributed by atoms with E-state index in [1.807, 2.05) is 24.3 Å². The first-order chi connectivity index (χ1) is 59.8. The molecule has 2 unspecified atom stereocenters. The summed E-state index contributed by atoms with van der Waals surface area (Å²) in [5.74, 6) is -12.0. The molecule has 2 aromatic heterocycles. The molecule has 12 amide bonds. The van der Waals surface area contributed by atoms with Crippen molar-refractivity contribution in [3.8, 4) is 11.5 Å². The van der Waals surface area contributed by atoms with Gasteiger partial charge in [-0.1, -0.05) is 101 Å². The number of guanidine groups is 4. The molecule has 2 heterocycles. The van der Waals surface area contributed by atoms with Gasteiger partial charge in [0.25, 0.3) is 0 Å². The Morgan fingerprint density at radius 1 is 0.317 bits per heavy atom.